The maximum Gasteiger partial charge on any atom is 0.295 e. The van der Waals surface area contributed by atoms with E-state index in [0.717, 1.165) is 6.07 Å². The fourth-order valence-electron chi connectivity index (χ4n) is 1.25. The first-order valence-corrected chi connectivity index (χ1v) is 5.16. The quantitative estimate of drug-likeness (QED) is 0.664. The average Bonchev–Trinajstić information content (AvgIpc) is 2.28. The van der Waals surface area contributed by atoms with Crippen molar-refractivity contribution in [3.63, 3.8) is 0 Å². The van der Waals surface area contributed by atoms with Crippen LogP contribution < -0.4 is 5.32 Å². The Kier molecular flexibility index (Phi) is 4.16. The first kappa shape index (κ1) is 13.8. The van der Waals surface area contributed by atoms with Gasteiger partial charge in [0.05, 0.1) is 21.5 Å². The number of carbonyl (C=O) groups excluding carboxylic acids is 1. The Hall–Kier alpha value is -2.22. The molecular formula is C9H8ClN3O5. The highest BCUT2D eigenvalue weighted by molar-refractivity contribution is 6.36. The second kappa shape index (κ2) is 5.41. The molecule has 0 aliphatic heterocycles. The Balaban J connectivity index is 3.45. The predicted octanol–water partition coefficient (Wildman–Crippen LogP) is 1.91. The first-order valence-electron chi connectivity index (χ1n) is 4.79. The van der Waals surface area contributed by atoms with Crippen LogP contribution in [0.3, 0.4) is 0 Å². The van der Waals surface area contributed by atoms with Gasteiger partial charge in [0.15, 0.2) is 0 Å². The Labute approximate surface area is 106 Å². The minimum atomic E-state index is -0.877. The molecule has 0 bridgehead atoms. The third-order valence-corrected chi connectivity index (χ3v) is 2.42. The molecule has 8 nitrogen and oxygen atoms in total. The molecule has 0 aliphatic carbocycles. The van der Waals surface area contributed by atoms with Crippen LogP contribution in [0.4, 0.5) is 11.4 Å². The molecule has 0 aromatic heterocycles. The SMILES string of the molecule is CCNC(=O)c1cc([N+](=O)[O-])cc([N+](=O)[O-])c1Cl. The highest BCUT2D eigenvalue weighted by Crippen LogP contribution is 2.32. The molecule has 0 heterocycles. The van der Waals surface area contributed by atoms with Crippen LogP contribution in [0.2, 0.25) is 5.02 Å². The van der Waals surface area contributed by atoms with Crippen molar-refractivity contribution in [1.29, 1.82) is 0 Å². The second-order valence-electron chi connectivity index (χ2n) is 3.20. The van der Waals surface area contributed by atoms with E-state index >= 15 is 0 Å². The molecule has 0 unspecified atom stereocenters. The van der Waals surface area contributed by atoms with Gasteiger partial charge in [-0.15, -0.1) is 0 Å². The van der Waals surface area contributed by atoms with E-state index in [4.69, 9.17) is 11.6 Å². The summed E-state index contributed by atoms with van der Waals surface area (Å²) in [5.74, 6) is -0.700. The average molecular weight is 274 g/mol. The number of nitro benzene ring substituents is 2. The number of nitrogens with zero attached hydrogens (tertiary/aromatic N) is 2. The zero-order valence-electron chi connectivity index (χ0n) is 9.18. The Morgan fingerprint density at radius 1 is 1.33 bits per heavy atom. The van der Waals surface area contributed by atoms with Gasteiger partial charge in [-0.1, -0.05) is 11.6 Å². The lowest BCUT2D eigenvalue weighted by Gasteiger charge is -2.05. The molecular weight excluding hydrogens is 266 g/mol. The summed E-state index contributed by atoms with van der Waals surface area (Å²) in [5.41, 5.74) is -1.53. The van der Waals surface area contributed by atoms with Gasteiger partial charge in [0.25, 0.3) is 17.3 Å². The molecule has 18 heavy (non-hydrogen) atoms. The topological polar surface area (TPSA) is 115 Å². The monoisotopic (exact) mass is 273 g/mol. The summed E-state index contributed by atoms with van der Waals surface area (Å²) in [7, 11) is 0. The molecule has 1 aromatic carbocycles. The van der Waals surface area contributed by atoms with Gasteiger partial charge in [-0.2, -0.15) is 0 Å². The van der Waals surface area contributed by atoms with Gasteiger partial charge >= 0.3 is 0 Å². The van der Waals surface area contributed by atoms with E-state index in [-0.39, 0.29) is 12.1 Å². The highest BCUT2D eigenvalue weighted by atomic mass is 35.5. The van der Waals surface area contributed by atoms with Gasteiger partial charge in [-0.05, 0) is 6.92 Å². The lowest BCUT2D eigenvalue weighted by Crippen LogP contribution is -2.23. The lowest BCUT2D eigenvalue weighted by atomic mass is 10.1. The van der Waals surface area contributed by atoms with Crippen molar-refractivity contribution in [2.75, 3.05) is 6.54 Å². The number of rotatable bonds is 4. The normalized spacial score (nSPS) is 9.89. The van der Waals surface area contributed by atoms with Crippen LogP contribution in [0.15, 0.2) is 12.1 Å². The smallest absolute Gasteiger partial charge is 0.295 e. The number of non-ortho nitro benzene ring substituents is 1. The second-order valence-corrected chi connectivity index (χ2v) is 3.58. The number of halogens is 1. The van der Waals surface area contributed by atoms with Crippen molar-refractivity contribution < 1.29 is 14.6 Å². The number of hydrogen-bond donors (Lipinski definition) is 1. The van der Waals surface area contributed by atoms with Crippen LogP contribution in [-0.2, 0) is 0 Å². The fourth-order valence-corrected chi connectivity index (χ4v) is 1.52. The molecule has 9 heteroatoms. The summed E-state index contributed by atoms with van der Waals surface area (Å²) >= 11 is 5.69. The number of amides is 1. The summed E-state index contributed by atoms with van der Waals surface area (Å²) in [5, 5.41) is 23.3. The van der Waals surface area contributed by atoms with E-state index in [1.165, 1.54) is 0 Å². The van der Waals surface area contributed by atoms with Crippen LogP contribution in [0.25, 0.3) is 0 Å². The van der Waals surface area contributed by atoms with E-state index < -0.39 is 32.2 Å². The molecule has 0 saturated carbocycles. The lowest BCUT2D eigenvalue weighted by molar-refractivity contribution is -0.394. The molecule has 0 fully saturated rings. The summed E-state index contributed by atoms with van der Waals surface area (Å²) in [6.45, 7) is 1.91. The molecule has 0 spiro atoms. The van der Waals surface area contributed by atoms with E-state index in [2.05, 4.69) is 5.32 Å². The van der Waals surface area contributed by atoms with E-state index in [1.54, 1.807) is 6.92 Å². The summed E-state index contributed by atoms with van der Waals surface area (Å²) in [6, 6.07) is 1.62. The van der Waals surface area contributed by atoms with Gasteiger partial charge in [0.1, 0.15) is 5.02 Å². The van der Waals surface area contributed by atoms with Crippen LogP contribution in [0.5, 0.6) is 0 Å². The summed E-state index contributed by atoms with van der Waals surface area (Å²) in [4.78, 5) is 31.2. The fraction of sp³-hybridized carbons (Fsp3) is 0.222. The van der Waals surface area contributed by atoms with Crippen LogP contribution in [-0.4, -0.2) is 22.3 Å². The molecule has 1 aromatic rings. The third-order valence-electron chi connectivity index (χ3n) is 2.03. The van der Waals surface area contributed by atoms with Crippen molar-refractivity contribution >= 4 is 28.9 Å². The van der Waals surface area contributed by atoms with Crippen LogP contribution >= 0.6 is 11.6 Å². The van der Waals surface area contributed by atoms with E-state index in [1.807, 2.05) is 0 Å². The molecule has 0 radical (unpaired) electrons. The Bertz CT molecular complexity index is 531. The zero-order valence-corrected chi connectivity index (χ0v) is 9.93. The van der Waals surface area contributed by atoms with Crippen molar-refractivity contribution in [3.05, 3.63) is 42.9 Å². The molecule has 1 rings (SSSR count). The Morgan fingerprint density at radius 2 is 1.94 bits per heavy atom. The summed E-state index contributed by atoms with van der Waals surface area (Å²) < 4.78 is 0. The first-order chi connectivity index (χ1) is 8.38. The molecule has 96 valence electrons. The molecule has 0 saturated heterocycles. The maximum absolute atomic E-state index is 11.6. The number of nitro groups is 2. The van der Waals surface area contributed by atoms with Gasteiger partial charge in [0.2, 0.25) is 0 Å². The van der Waals surface area contributed by atoms with Gasteiger partial charge in [-0.25, -0.2) is 0 Å². The molecule has 0 atom stereocenters. The third kappa shape index (κ3) is 2.72. The van der Waals surface area contributed by atoms with Gasteiger partial charge in [-0.3, -0.25) is 25.0 Å². The Morgan fingerprint density at radius 3 is 2.39 bits per heavy atom. The van der Waals surface area contributed by atoms with Gasteiger partial charge in [0, 0.05) is 12.6 Å². The largest absolute Gasteiger partial charge is 0.352 e. The highest BCUT2D eigenvalue weighted by Gasteiger charge is 2.25. The van der Waals surface area contributed by atoms with Crippen molar-refractivity contribution in [2.24, 2.45) is 0 Å². The van der Waals surface area contributed by atoms with Crippen molar-refractivity contribution in [3.8, 4) is 0 Å². The standard InChI is InChI=1S/C9H8ClN3O5/c1-2-11-9(14)6-3-5(12(15)16)4-7(8(6)10)13(17)18/h3-4H,2H2,1H3,(H,11,14). The zero-order chi connectivity index (χ0) is 13.9. The van der Waals surface area contributed by atoms with Crippen LogP contribution in [0, 0.1) is 20.2 Å². The minimum Gasteiger partial charge on any atom is -0.352 e. The molecule has 0 aliphatic rings. The number of carbonyl (C=O) groups is 1. The van der Waals surface area contributed by atoms with Crippen molar-refractivity contribution in [1.82, 2.24) is 5.32 Å². The van der Waals surface area contributed by atoms with Crippen molar-refractivity contribution in [2.45, 2.75) is 6.92 Å². The predicted molar refractivity (Wildman–Crippen MR) is 62.8 cm³/mol. The van der Waals surface area contributed by atoms with E-state index in [9.17, 15) is 25.0 Å². The minimum absolute atomic E-state index is 0.269. The van der Waals surface area contributed by atoms with Gasteiger partial charge < -0.3 is 5.32 Å². The van der Waals surface area contributed by atoms with E-state index in [0.29, 0.717) is 6.07 Å². The molecule has 1 amide bonds. The van der Waals surface area contributed by atoms with Crippen LogP contribution in [0.1, 0.15) is 17.3 Å². The number of benzene rings is 1. The number of hydrogen-bond acceptors (Lipinski definition) is 5. The maximum atomic E-state index is 11.6. The molecule has 1 N–H and O–H groups in total. The summed E-state index contributed by atoms with van der Waals surface area (Å²) in [6.07, 6.45) is 0. The number of nitrogens with one attached hydrogen (secondary N) is 1.